The van der Waals surface area contributed by atoms with Gasteiger partial charge in [0.05, 0.1) is 20.1 Å². The molecule has 1 rings (SSSR count). The van der Waals surface area contributed by atoms with Crippen LogP contribution in [0.15, 0.2) is 10.5 Å². The summed E-state index contributed by atoms with van der Waals surface area (Å²) in [5.74, 6) is -2.07. The van der Waals surface area contributed by atoms with E-state index in [1.807, 2.05) is 0 Å². The molecule has 0 aromatic heterocycles. The van der Waals surface area contributed by atoms with E-state index in [-0.39, 0.29) is 23.6 Å². The summed E-state index contributed by atoms with van der Waals surface area (Å²) in [6.07, 6.45) is 0. The van der Waals surface area contributed by atoms with Crippen LogP contribution in [0, 0.1) is 0 Å². The Balaban J connectivity index is 3.49. The number of aromatic hydroxyl groups is 1. The van der Waals surface area contributed by atoms with Crippen LogP contribution in [-0.4, -0.2) is 36.9 Å². The van der Waals surface area contributed by atoms with Crippen LogP contribution in [0.4, 0.5) is 0 Å². The van der Waals surface area contributed by atoms with Gasteiger partial charge in [0.2, 0.25) is 5.75 Å². The van der Waals surface area contributed by atoms with Gasteiger partial charge in [0.1, 0.15) is 0 Å². The number of aliphatic carboxylic acids is 1. The molecule has 1 atom stereocenters. The topological polar surface area (TPSA) is 102 Å². The van der Waals surface area contributed by atoms with Gasteiger partial charge >= 0.3 is 5.97 Å². The van der Waals surface area contributed by atoms with Gasteiger partial charge in [0.25, 0.3) is 0 Å². The van der Waals surface area contributed by atoms with Crippen molar-refractivity contribution in [2.45, 2.75) is 5.92 Å². The van der Waals surface area contributed by atoms with Gasteiger partial charge in [-0.15, -0.1) is 0 Å². The third kappa shape index (κ3) is 2.51. The van der Waals surface area contributed by atoms with E-state index in [0.717, 1.165) is 0 Å². The first-order valence-electron chi connectivity index (χ1n) is 5.04. The summed E-state index contributed by atoms with van der Waals surface area (Å²) in [7, 11) is 2.77. The maximum atomic E-state index is 11.1. The summed E-state index contributed by atoms with van der Waals surface area (Å²) in [6.45, 7) is -0.142. The van der Waals surface area contributed by atoms with Crippen molar-refractivity contribution >= 4 is 21.9 Å². The third-order valence-corrected chi connectivity index (χ3v) is 3.17. The van der Waals surface area contributed by atoms with Crippen LogP contribution >= 0.6 is 15.9 Å². The molecule has 0 aliphatic carbocycles. The predicted molar refractivity (Wildman–Crippen MR) is 68.3 cm³/mol. The molecule has 0 radical (unpaired) electrons. The Bertz CT molecular complexity index is 463. The molecular weight excluding hydrogens is 306 g/mol. The predicted octanol–water partition coefficient (Wildman–Crippen LogP) is 1.30. The number of methoxy groups -OCH3 is 2. The van der Waals surface area contributed by atoms with Crippen molar-refractivity contribution in [3.63, 3.8) is 0 Å². The Kier molecular flexibility index (Phi) is 4.80. The van der Waals surface area contributed by atoms with Gasteiger partial charge in [0.15, 0.2) is 11.5 Å². The summed E-state index contributed by atoms with van der Waals surface area (Å²) in [5.41, 5.74) is 5.59. The molecule has 7 heteroatoms. The molecule has 0 amide bonds. The number of nitrogens with two attached hydrogens (primary N) is 1. The van der Waals surface area contributed by atoms with E-state index < -0.39 is 11.9 Å². The first-order chi connectivity index (χ1) is 8.47. The van der Waals surface area contributed by atoms with Crippen molar-refractivity contribution in [3.05, 3.63) is 16.1 Å². The minimum atomic E-state index is -1.12. The highest BCUT2D eigenvalue weighted by molar-refractivity contribution is 9.10. The number of carboxylic acid groups (broad SMARTS) is 1. The lowest BCUT2D eigenvalue weighted by Gasteiger charge is -2.18. The molecular formula is C11H14BrNO5. The first-order valence-corrected chi connectivity index (χ1v) is 5.83. The third-order valence-electron chi connectivity index (χ3n) is 2.52. The fourth-order valence-corrected chi connectivity index (χ4v) is 2.31. The van der Waals surface area contributed by atoms with Crippen molar-refractivity contribution in [1.82, 2.24) is 0 Å². The second-order valence-electron chi connectivity index (χ2n) is 3.48. The molecule has 0 spiro atoms. The van der Waals surface area contributed by atoms with Gasteiger partial charge in [-0.25, -0.2) is 0 Å². The van der Waals surface area contributed by atoms with Gasteiger partial charge in [0, 0.05) is 16.6 Å². The number of phenols is 1. The highest BCUT2D eigenvalue weighted by atomic mass is 79.9. The zero-order valence-corrected chi connectivity index (χ0v) is 11.5. The largest absolute Gasteiger partial charge is 0.504 e. The molecule has 1 aromatic rings. The number of carboxylic acids is 1. The summed E-state index contributed by atoms with van der Waals surface area (Å²) >= 11 is 3.20. The quantitative estimate of drug-likeness (QED) is 0.756. The van der Waals surface area contributed by atoms with E-state index in [4.69, 9.17) is 20.3 Å². The lowest BCUT2D eigenvalue weighted by Crippen LogP contribution is -2.21. The number of benzene rings is 1. The molecule has 0 saturated carbocycles. The Morgan fingerprint density at radius 3 is 2.50 bits per heavy atom. The number of hydrogen-bond acceptors (Lipinski definition) is 5. The van der Waals surface area contributed by atoms with Crippen LogP contribution < -0.4 is 15.2 Å². The summed E-state index contributed by atoms with van der Waals surface area (Å²) < 4.78 is 10.4. The fraction of sp³-hybridized carbons (Fsp3) is 0.364. The first kappa shape index (κ1) is 14.6. The number of rotatable bonds is 5. The van der Waals surface area contributed by atoms with Gasteiger partial charge in [-0.05, 0) is 6.07 Å². The van der Waals surface area contributed by atoms with E-state index in [1.54, 1.807) is 0 Å². The van der Waals surface area contributed by atoms with Gasteiger partial charge in [-0.1, -0.05) is 15.9 Å². The number of hydrogen-bond donors (Lipinski definition) is 3. The summed E-state index contributed by atoms with van der Waals surface area (Å²) in [5, 5.41) is 19.2. The molecule has 0 fully saturated rings. The smallest absolute Gasteiger partial charge is 0.312 e. The SMILES string of the molecule is COc1cc(Br)c(C(CN)C(=O)O)c(O)c1OC. The number of ether oxygens (including phenoxy) is 2. The maximum absolute atomic E-state index is 11.1. The minimum Gasteiger partial charge on any atom is -0.504 e. The lowest BCUT2D eigenvalue weighted by molar-refractivity contribution is -0.138. The molecule has 0 aliphatic rings. The molecule has 1 unspecified atom stereocenters. The zero-order valence-electron chi connectivity index (χ0n) is 9.94. The molecule has 0 saturated heterocycles. The average Bonchev–Trinajstić information content (AvgIpc) is 2.33. The fourth-order valence-electron chi connectivity index (χ4n) is 1.63. The van der Waals surface area contributed by atoms with Crippen LogP contribution in [0.2, 0.25) is 0 Å². The van der Waals surface area contributed by atoms with Crippen molar-refractivity contribution < 1.29 is 24.5 Å². The van der Waals surface area contributed by atoms with Crippen LogP contribution in [0.5, 0.6) is 17.2 Å². The van der Waals surface area contributed by atoms with Crippen molar-refractivity contribution in [2.24, 2.45) is 5.73 Å². The Labute approximate surface area is 112 Å². The summed E-state index contributed by atoms with van der Waals surface area (Å²) in [4.78, 5) is 11.1. The van der Waals surface area contributed by atoms with E-state index in [0.29, 0.717) is 10.2 Å². The lowest BCUT2D eigenvalue weighted by atomic mass is 9.97. The number of phenolic OH excluding ortho intramolecular Hbond substituents is 1. The van der Waals surface area contributed by atoms with E-state index in [9.17, 15) is 9.90 Å². The van der Waals surface area contributed by atoms with E-state index >= 15 is 0 Å². The monoisotopic (exact) mass is 319 g/mol. The molecule has 0 bridgehead atoms. The van der Waals surface area contributed by atoms with Crippen LogP contribution in [0.25, 0.3) is 0 Å². The second-order valence-corrected chi connectivity index (χ2v) is 4.34. The van der Waals surface area contributed by atoms with Gasteiger partial charge in [-0.2, -0.15) is 0 Å². The molecule has 4 N–H and O–H groups in total. The maximum Gasteiger partial charge on any atom is 0.312 e. The highest BCUT2D eigenvalue weighted by Gasteiger charge is 2.28. The molecule has 1 aromatic carbocycles. The van der Waals surface area contributed by atoms with Crippen molar-refractivity contribution in [3.8, 4) is 17.2 Å². The number of halogens is 1. The highest BCUT2D eigenvalue weighted by Crippen LogP contribution is 2.45. The number of carbonyl (C=O) groups is 1. The Hall–Kier alpha value is -1.47. The standard InChI is InChI=1S/C11H14BrNO5/c1-17-7-3-6(12)8(5(4-13)11(15)16)9(14)10(7)18-2/h3,5,14H,4,13H2,1-2H3,(H,15,16). The van der Waals surface area contributed by atoms with E-state index in [1.165, 1.54) is 20.3 Å². The second kappa shape index (κ2) is 5.92. The zero-order chi connectivity index (χ0) is 13.9. The van der Waals surface area contributed by atoms with Crippen molar-refractivity contribution in [2.75, 3.05) is 20.8 Å². The van der Waals surface area contributed by atoms with Crippen LogP contribution in [0.1, 0.15) is 11.5 Å². The van der Waals surface area contributed by atoms with E-state index in [2.05, 4.69) is 15.9 Å². The van der Waals surface area contributed by atoms with Crippen LogP contribution in [-0.2, 0) is 4.79 Å². The van der Waals surface area contributed by atoms with Crippen LogP contribution in [0.3, 0.4) is 0 Å². The normalized spacial score (nSPS) is 12.0. The molecule has 100 valence electrons. The summed E-state index contributed by atoms with van der Waals surface area (Å²) in [6, 6.07) is 1.53. The minimum absolute atomic E-state index is 0.0791. The van der Waals surface area contributed by atoms with Crippen molar-refractivity contribution in [1.29, 1.82) is 0 Å². The molecule has 0 aliphatic heterocycles. The Morgan fingerprint density at radius 1 is 1.50 bits per heavy atom. The molecule has 0 heterocycles. The average molecular weight is 320 g/mol. The van der Waals surface area contributed by atoms with Gasteiger partial charge in [-0.3, -0.25) is 4.79 Å². The molecule has 18 heavy (non-hydrogen) atoms. The molecule has 6 nitrogen and oxygen atoms in total. The van der Waals surface area contributed by atoms with Gasteiger partial charge < -0.3 is 25.4 Å². The Morgan fingerprint density at radius 2 is 2.11 bits per heavy atom.